The lowest BCUT2D eigenvalue weighted by atomic mass is 9.83. The van der Waals surface area contributed by atoms with E-state index in [-0.39, 0.29) is 11.6 Å². The van der Waals surface area contributed by atoms with E-state index < -0.39 is 0 Å². The number of hydrogen-bond donors (Lipinski definition) is 2. The van der Waals surface area contributed by atoms with E-state index in [1.165, 1.54) is 12.8 Å². The van der Waals surface area contributed by atoms with Crippen molar-refractivity contribution in [3.05, 3.63) is 24.0 Å². The van der Waals surface area contributed by atoms with E-state index in [0.717, 1.165) is 24.1 Å². The first-order valence-corrected chi connectivity index (χ1v) is 6.20. The minimum Gasteiger partial charge on any atom is -0.398 e. The maximum absolute atomic E-state index is 6.48. The number of rotatable bonds is 3. The predicted octanol–water partition coefficient (Wildman–Crippen LogP) is 1.54. The standard InChI is InChI=1S/C13H22N4/c1-17(2)13(6-3-4-7-13)12(15)10-9-16-8-5-11(10)14/h5,8-9,12H,3-4,6-7,15H2,1-2H3,(H2,14,16). The Morgan fingerprint density at radius 2 is 2.00 bits per heavy atom. The van der Waals surface area contributed by atoms with Gasteiger partial charge in [0.25, 0.3) is 0 Å². The molecule has 4 N–H and O–H groups in total. The molecule has 1 heterocycles. The Kier molecular flexibility index (Phi) is 3.35. The van der Waals surface area contributed by atoms with Gasteiger partial charge < -0.3 is 16.4 Å². The highest BCUT2D eigenvalue weighted by Gasteiger charge is 2.42. The monoisotopic (exact) mass is 234 g/mol. The third-order valence-corrected chi connectivity index (χ3v) is 4.16. The summed E-state index contributed by atoms with van der Waals surface area (Å²) in [7, 11) is 4.22. The van der Waals surface area contributed by atoms with Gasteiger partial charge >= 0.3 is 0 Å². The van der Waals surface area contributed by atoms with Crippen LogP contribution in [0.4, 0.5) is 5.69 Å². The van der Waals surface area contributed by atoms with Crippen molar-refractivity contribution in [2.75, 3.05) is 19.8 Å². The van der Waals surface area contributed by atoms with Crippen molar-refractivity contribution in [3.8, 4) is 0 Å². The van der Waals surface area contributed by atoms with Gasteiger partial charge in [-0.3, -0.25) is 4.98 Å². The lowest BCUT2D eigenvalue weighted by Gasteiger charge is -2.41. The summed E-state index contributed by atoms with van der Waals surface area (Å²) in [5.74, 6) is 0. The first kappa shape index (κ1) is 12.3. The average molecular weight is 234 g/mol. The summed E-state index contributed by atoms with van der Waals surface area (Å²) in [6.45, 7) is 0. The maximum Gasteiger partial charge on any atom is 0.0517 e. The predicted molar refractivity (Wildman–Crippen MR) is 70.5 cm³/mol. The third-order valence-electron chi connectivity index (χ3n) is 4.16. The fourth-order valence-electron chi connectivity index (χ4n) is 2.99. The zero-order chi connectivity index (χ0) is 12.5. The first-order valence-electron chi connectivity index (χ1n) is 6.20. The van der Waals surface area contributed by atoms with Gasteiger partial charge in [0.05, 0.1) is 6.04 Å². The SMILES string of the molecule is CN(C)C1(C(N)c2cnccc2N)CCCC1. The Morgan fingerprint density at radius 1 is 1.35 bits per heavy atom. The molecule has 4 nitrogen and oxygen atoms in total. The largest absolute Gasteiger partial charge is 0.398 e. The normalized spacial score (nSPS) is 20.7. The summed E-state index contributed by atoms with van der Waals surface area (Å²) in [5, 5.41) is 0. The summed E-state index contributed by atoms with van der Waals surface area (Å²) in [5.41, 5.74) is 14.2. The summed E-state index contributed by atoms with van der Waals surface area (Å²) < 4.78 is 0. The molecule has 1 atom stereocenters. The molecule has 0 aromatic carbocycles. The molecule has 17 heavy (non-hydrogen) atoms. The van der Waals surface area contributed by atoms with Crippen LogP contribution in [0.2, 0.25) is 0 Å². The average Bonchev–Trinajstić information content (AvgIpc) is 2.79. The van der Waals surface area contributed by atoms with Gasteiger partial charge in [0.1, 0.15) is 0 Å². The topological polar surface area (TPSA) is 68.2 Å². The van der Waals surface area contributed by atoms with Gasteiger partial charge in [0.2, 0.25) is 0 Å². The van der Waals surface area contributed by atoms with E-state index in [2.05, 4.69) is 24.0 Å². The van der Waals surface area contributed by atoms with Crippen LogP contribution in [0.5, 0.6) is 0 Å². The molecule has 1 saturated carbocycles. The molecule has 94 valence electrons. The van der Waals surface area contributed by atoms with E-state index >= 15 is 0 Å². The molecule has 1 aliphatic rings. The molecular formula is C13H22N4. The van der Waals surface area contributed by atoms with Crippen LogP contribution < -0.4 is 11.5 Å². The number of nitrogen functional groups attached to an aromatic ring is 1. The van der Waals surface area contributed by atoms with Crippen LogP contribution in [-0.4, -0.2) is 29.5 Å². The number of nitrogens with zero attached hydrogens (tertiary/aromatic N) is 2. The molecule has 1 unspecified atom stereocenters. The van der Waals surface area contributed by atoms with Gasteiger partial charge in [0, 0.05) is 29.2 Å². The second kappa shape index (κ2) is 4.63. The molecule has 0 amide bonds. The molecule has 0 spiro atoms. The Balaban J connectivity index is 2.35. The van der Waals surface area contributed by atoms with Crippen molar-refractivity contribution in [1.29, 1.82) is 0 Å². The van der Waals surface area contributed by atoms with Gasteiger partial charge in [0.15, 0.2) is 0 Å². The Morgan fingerprint density at radius 3 is 2.53 bits per heavy atom. The number of aromatic nitrogens is 1. The molecule has 1 aliphatic carbocycles. The Hall–Kier alpha value is -1.13. The highest BCUT2D eigenvalue weighted by Crippen LogP contribution is 2.43. The van der Waals surface area contributed by atoms with Crippen molar-refractivity contribution < 1.29 is 0 Å². The molecular weight excluding hydrogens is 212 g/mol. The molecule has 1 aromatic rings. The molecule has 1 fully saturated rings. The van der Waals surface area contributed by atoms with Crippen LogP contribution in [0, 0.1) is 0 Å². The van der Waals surface area contributed by atoms with E-state index in [1.54, 1.807) is 6.20 Å². The number of nitrogens with two attached hydrogens (primary N) is 2. The molecule has 2 rings (SSSR count). The first-order chi connectivity index (χ1) is 8.08. The van der Waals surface area contributed by atoms with Crippen LogP contribution in [0.1, 0.15) is 37.3 Å². The van der Waals surface area contributed by atoms with Gasteiger partial charge in [-0.05, 0) is 33.0 Å². The van der Waals surface area contributed by atoms with Crippen LogP contribution in [0.25, 0.3) is 0 Å². The number of anilines is 1. The Bertz CT molecular complexity index is 383. The summed E-state index contributed by atoms with van der Waals surface area (Å²) in [6.07, 6.45) is 8.27. The van der Waals surface area contributed by atoms with Gasteiger partial charge in [-0.15, -0.1) is 0 Å². The number of pyridine rings is 1. The molecule has 0 saturated heterocycles. The lowest BCUT2D eigenvalue weighted by molar-refractivity contribution is 0.123. The molecule has 0 bridgehead atoms. The number of likely N-dealkylation sites (N-methyl/N-ethyl adjacent to an activating group) is 1. The van der Waals surface area contributed by atoms with E-state index in [1.807, 2.05) is 12.3 Å². The summed E-state index contributed by atoms with van der Waals surface area (Å²) >= 11 is 0. The summed E-state index contributed by atoms with van der Waals surface area (Å²) in [6, 6.07) is 1.77. The quantitative estimate of drug-likeness (QED) is 0.832. The van der Waals surface area contributed by atoms with Crippen molar-refractivity contribution in [2.45, 2.75) is 37.3 Å². The van der Waals surface area contributed by atoms with Crippen LogP contribution in [0.3, 0.4) is 0 Å². The number of hydrogen-bond acceptors (Lipinski definition) is 4. The molecule has 1 aromatic heterocycles. The smallest absolute Gasteiger partial charge is 0.0517 e. The zero-order valence-corrected chi connectivity index (χ0v) is 10.7. The van der Waals surface area contributed by atoms with Gasteiger partial charge in [-0.2, -0.15) is 0 Å². The van der Waals surface area contributed by atoms with Crippen molar-refractivity contribution in [1.82, 2.24) is 9.88 Å². The van der Waals surface area contributed by atoms with E-state index in [0.29, 0.717) is 0 Å². The molecule has 4 heteroatoms. The zero-order valence-electron chi connectivity index (χ0n) is 10.7. The minimum atomic E-state index is -0.0614. The van der Waals surface area contributed by atoms with Crippen molar-refractivity contribution in [2.24, 2.45) is 5.73 Å². The van der Waals surface area contributed by atoms with Crippen LogP contribution >= 0.6 is 0 Å². The highest BCUT2D eigenvalue weighted by atomic mass is 15.2. The van der Waals surface area contributed by atoms with Gasteiger partial charge in [-0.25, -0.2) is 0 Å². The van der Waals surface area contributed by atoms with E-state index in [4.69, 9.17) is 11.5 Å². The van der Waals surface area contributed by atoms with Crippen LogP contribution in [-0.2, 0) is 0 Å². The molecule has 0 radical (unpaired) electrons. The second-order valence-corrected chi connectivity index (χ2v) is 5.19. The minimum absolute atomic E-state index is 0.0388. The van der Waals surface area contributed by atoms with Gasteiger partial charge in [-0.1, -0.05) is 12.8 Å². The third kappa shape index (κ3) is 2.03. The van der Waals surface area contributed by atoms with Crippen molar-refractivity contribution >= 4 is 5.69 Å². The fourth-order valence-corrected chi connectivity index (χ4v) is 2.99. The second-order valence-electron chi connectivity index (χ2n) is 5.19. The van der Waals surface area contributed by atoms with Crippen LogP contribution in [0.15, 0.2) is 18.5 Å². The maximum atomic E-state index is 6.48. The fraction of sp³-hybridized carbons (Fsp3) is 0.615. The molecule has 0 aliphatic heterocycles. The lowest BCUT2D eigenvalue weighted by Crippen LogP contribution is -2.50. The van der Waals surface area contributed by atoms with E-state index in [9.17, 15) is 0 Å². The highest BCUT2D eigenvalue weighted by molar-refractivity contribution is 5.47. The summed E-state index contributed by atoms with van der Waals surface area (Å²) in [4.78, 5) is 6.41. The Labute approximate surface area is 103 Å². The van der Waals surface area contributed by atoms with Crippen molar-refractivity contribution in [3.63, 3.8) is 0 Å².